The maximum Gasteiger partial charge on any atom is 0.317 e. The maximum atomic E-state index is 12.5. The smallest absolute Gasteiger partial charge is 0.317 e. The van der Waals surface area contributed by atoms with E-state index in [1.807, 2.05) is 17.0 Å². The van der Waals surface area contributed by atoms with Crippen LogP contribution in [0.1, 0.15) is 5.56 Å². The Balaban J connectivity index is 1.34. The van der Waals surface area contributed by atoms with Crippen LogP contribution in [0.2, 0.25) is 10.0 Å². The average molecular weight is 376 g/mol. The number of para-hydroxylation sites is 1. The zero-order chi connectivity index (χ0) is 17.4. The second-order valence-corrected chi connectivity index (χ2v) is 7.46. The molecule has 1 N–H and O–H groups in total. The SMILES string of the molecule is O=C(NCc1ccc(Cl)cc1Cl)N1CC2CN(c3ccccc3)C2C1. The van der Waals surface area contributed by atoms with Crippen LogP contribution in [0.5, 0.6) is 0 Å². The highest BCUT2D eigenvalue weighted by Crippen LogP contribution is 2.36. The highest BCUT2D eigenvalue weighted by atomic mass is 35.5. The molecule has 2 atom stereocenters. The second-order valence-electron chi connectivity index (χ2n) is 6.61. The largest absolute Gasteiger partial charge is 0.366 e. The number of nitrogens with zero attached hydrogens (tertiary/aromatic N) is 2. The van der Waals surface area contributed by atoms with E-state index in [0.717, 1.165) is 25.2 Å². The van der Waals surface area contributed by atoms with Gasteiger partial charge >= 0.3 is 6.03 Å². The summed E-state index contributed by atoms with van der Waals surface area (Å²) in [7, 11) is 0. The van der Waals surface area contributed by atoms with Gasteiger partial charge in [-0.2, -0.15) is 0 Å². The summed E-state index contributed by atoms with van der Waals surface area (Å²) in [5, 5.41) is 4.13. The quantitative estimate of drug-likeness (QED) is 0.878. The molecule has 2 unspecified atom stereocenters. The Bertz CT molecular complexity index is 783. The van der Waals surface area contributed by atoms with Gasteiger partial charge in [0.15, 0.2) is 0 Å². The first-order chi connectivity index (χ1) is 12.1. The van der Waals surface area contributed by atoms with Crippen molar-refractivity contribution < 1.29 is 4.79 Å². The van der Waals surface area contributed by atoms with Crippen LogP contribution >= 0.6 is 23.2 Å². The highest BCUT2D eigenvalue weighted by Gasteiger charge is 2.46. The molecule has 2 aliphatic rings. The van der Waals surface area contributed by atoms with Crippen molar-refractivity contribution in [3.8, 4) is 0 Å². The second kappa shape index (κ2) is 6.77. The van der Waals surface area contributed by atoms with Crippen molar-refractivity contribution in [2.75, 3.05) is 24.5 Å². The summed E-state index contributed by atoms with van der Waals surface area (Å²) in [6.45, 7) is 3.00. The van der Waals surface area contributed by atoms with Crippen LogP contribution in [0.4, 0.5) is 10.5 Å². The molecule has 4 nitrogen and oxygen atoms in total. The Kier molecular flexibility index (Phi) is 4.48. The van der Waals surface area contributed by atoms with E-state index in [1.54, 1.807) is 12.1 Å². The zero-order valence-corrected chi connectivity index (χ0v) is 15.2. The van der Waals surface area contributed by atoms with Gasteiger partial charge in [0.25, 0.3) is 0 Å². The van der Waals surface area contributed by atoms with Gasteiger partial charge in [-0.05, 0) is 29.8 Å². The monoisotopic (exact) mass is 375 g/mol. The fourth-order valence-electron chi connectivity index (χ4n) is 3.67. The van der Waals surface area contributed by atoms with E-state index in [2.05, 4.69) is 34.5 Å². The van der Waals surface area contributed by atoms with Gasteiger partial charge in [0.1, 0.15) is 0 Å². The topological polar surface area (TPSA) is 35.6 Å². The molecule has 2 amide bonds. The zero-order valence-electron chi connectivity index (χ0n) is 13.7. The molecule has 0 aliphatic carbocycles. The lowest BCUT2D eigenvalue weighted by molar-refractivity contribution is 0.207. The number of halogens is 2. The Labute approximate surface area is 157 Å². The number of hydrogen-bond donors (Lipinski definition) is 1. The van der Waals surface area contributed by atoms with Crippen LogP contribution in [0.25, 0.3) is 0 Å². The Morgan fingerprint density at radius 1 is 1.08 bits per heavy atom. The third-order valence-electron chi connectivity index (χ3n) is 5.06. The molecule has 0 bridgehead atoms. The third kappa shape index (κ3) is 3.29. The lowest BCUT2D eigenvalue weighted by atomic mass is 9.91. The first-order valence-corrected chi connectivity index (χ1v) is 9.16. The molecule has 2 aromatic carbocycles. The Morgan fingerprint density at radius 2 is 1.88 bits per heavy atom. The summed E-state index contributed by atoms with van der Waals surface area (Å²) >= 11 is 12.1. The molecule has 0 aromatic heterocycles. The van der Waals surface area contributed by atoms with E-state index in [9.17, 15) is 4.79 Å². The molecule has 25 heavy (non-hydrogen) atoms. The molecule has 0 spiro atoms. The predicted molar refractivity (Wildman–Crippen MR) is 101 cm³/mol. The van der Waals surface area contributed by atoms with E-state index >= 15 is 0 Å². The fraction of sp³-hybridized carbons (Fsp3) is 0.316. The van der Waals surface area contributed by atoms with Gasteiger partial charge in [0.2, 0.25) is 0 Å². The molecule has 130 valence electrons. The minimum atomic E-state index is -0.0339. The van der Waals surface area contributed by atoms with Crippen molar-refractivity contribution in [2.24, 2.45) is 5.92 Å². The number of likely N-dealkylation sites (tertiary alicyclic amines) is 1. The number of amides is 2. The molecule has 4 rings (SSSR count). The van der Waals surface area contributed by atoms with E-state index in [-0.39, 0.29) is 6.03 Å². The first kappa shape index (κ1) is 16.6. The molecule has 2 aromatic rings. The van der Waals surface area contributed by atoms with E-state index in [0.29, 0.717) is 28.5 Å². The van der Waals surface area contributed by atoms with Crippen LogP contribution in [-0.4, -0.2) is 36.6 Å². The van der Waals surface area contributed by atoms with Crippen molar-refractivity contribution in [1.82, 2.24) is 10.2 Å². The standard InChI is InChI=1S/C19H19Cl2N3O/c20-15-7-6-13(17(21)8-15)9-22-19(25)23-10-14-11-24(18(14)12-23)16-4-2-1-3-5-16/h1-8,14,18H,9-12H2,(H,22,25). The number of fused-ring (bicyclic) bond motifs is 1. The highest BCUT2D eigenvalue weighted by molar-refractivity contribution is 6.35. The van der Waals surface area contributed by atoms with Gasteiger partial charge in [-0.25, -0.2) is 4.79 Å². The van der Waals surface area contributed by atoms with E-state index < -0.39 is 0 Å². The first-order valence-electron chi connectivity index (χ1n) is 8.40. The minimum Gasteiger partial charge on any atom is -0.366 e. The molecule has 2 fully saturated rings. The van der Waals surface area contributed by atoms with Crippen molar-refractivity contribution in [3.05, 3.63) is 64.1 Å². The molecule has 6 heteroatoms. The maximum absolute atomic E-state index is 12.5. The van der Waals surface area contributed by atoms with E-state index in [4.69, 9.17) is 23.2 Å². The molecule has 0 saturated carbocycles. The van der Waals surface area contributed by atoms with Gasteiger partial charge < -0.3 is 15.1 Å². The number of rotatable bonds is 3. The number of carbonyl (C=O) groups excluding carboxylic acids is 1. The number of benzene rings is 2. The van der Waals surface area contributed by atoms with Crippen molar-refractivity contribution >= 4 is 34.9 Å². The van der Waals surface area contributed by atoms with Crippen LogP contribution in [0.15, 0.2) is 48.5 Å². The van der Waals surface area contributed by atoms with Gasteiger partial charge in [-0.1, -0.05) is 47.5 Å². The molecule has 2 aliphatic heterocycles. The van der Waals surface area contributed by atoms with Gasteiger partial charge in [0, 0.05) is 47.8 Å². The average Bonchev–Trinajstić information content (AvgIpc) is 2.92. The number of anilines is 1. The van der Waals surface area contributed by atoms with E-state index in [1.165, 1.54) is 5.69 Å². The number of hydrogen-bond acceptors (Lipinski definition) is 2. The Morgan fingerprint density at radius 3 is 2.64 bits per heavy atom. The third-order valence-corrected chi connectivity index (χ3v) is 5.65. The summed E-state index contributed by atoms with van der Waals surface area (Å²) < 4.78 is 0. The van der Waals surface area contributed by atoms with Gasteiger partial charge in [-0.3, -0.25) is 0 Å². The summed E-state index contributed by atoms with van der Waals surface area (Å²) in [5.41, 5.74) is 2.10. The fourth-order valence-corrected chi connectivity index (χ4v) is 4.14. The molecular weight excluding hydrogens is 357 g/mol. The minimum absolute atomic E-state index is 0.0339. The Hall–Kier alpha value is -1.91. The summed E-state index contributed by atoms with van der Waals surface area (Å²) in [5.74, 6) is 0.560. The van der Waals surface area contributed by atoms with Crippen LogP contribution in [0, 0.1) is 5.92 Å². The molecular formula is C19H19Cl2N3O. The molecule has 0 radical (unpaired) electrons. The van der Waals surface area contributed by atoms with Crippen LogP contribution in [0.3, 0.4) is 0 Å². The number of nitrogens with one attached hydrogen (secondary N) is 1. The predicted octanol–water partition coefficient (Wildman–Crippen LogP) is 4.02. The van der Waals surface area contributed by atoms with Crippen molar-refractivity contribution in [3.63, 3.8) is 0 Å². The van der Waals surface area contributed by atoms with Crippen LogP contribution in [-0.2, 0) is 6.54 Å². The molecule has 2 heterocycles. The molecule has 2 saturated heterocycles. The normalized spacial score (nSPS) is 21.7. The van der Waals surface area contributed by atoms with Gasteiger partial charge in [0.05, 0.1) is 6.04 Å². The van der Waals surface area contributed by atoms with Crippen molar-refractivity contribution in [2.45, 2.75) is 12.6 Å². The summed E-state index contributed by atoms with van der Waals surface area (Å²) in [4.78, 5) is 16.8. The summed E-state index contributed by atoms with van der Waals surface area (Å²) in [6.07, 6.45) is 0. The number of urea groups is 1. The number of carbonyl (C=O) groups is 1. The van der Waals surface area contributed by atoms with Crippen LogP contribution < -0.4 is 10.2 Å². The van der Waals surface area contributed by atoms with Gasteiger partial charge in [-0.15, -0.1) is 0 Å². The summed E-state index contributed by atoms with van der Waals surface area (Å²) in [6, 6.07) is 16.1. The van der Waals surface area contributed by atoms with Crippen molar-refractivity contribution in [1.29, 1.82) is 0 Å². The lowest BCUT2D eigenvalue weighted by Gasteiger charge is -2.45. The lowest BCUT2D eigenvalue weighted by Crippen LogP contribution is -2.55.